The summed E-state index contributed by atoms with van der Waals surface area (Å²) in [5.41, 5.74) is 9.13. The van der Waals surface area contributed by atoms with Gasteiger partial charge in [-0.1, -0.05) is 31.5 Å². The predicted octanol–water partition coefficient (Wildman–Crippen LogP) is 2.34. The van der Waals surface area contributed by atoms with E-state index in [4.69, 9.17) is 5.73 Å². The van der Waals surface area contributed by atoms with E-state index >= 15 is 0 Å². The zero-order valence-electron chi connectivity index (χ0n) is 12.3. The van der Waals surface area contributed by atoms with Crippen molar-refractivity contribution in [1.82, 2.24) is 5.32 Å². The summed E-state index contributed by atoms with van der Waals surface area (Å²) in [6, 6.07) is 6.19. The van der Waals surface area contributed by atoms with Gasteiger partial charge in [0.05, 0.1) is 6.42 Å². The molecule has 3 heteroatoms. The summed E-state index contributed by atoms with van der Waals surface area (Å²) < 4.78 is 0. The van der Waals surface area contributed by atoms with Crippen molar-refractivity contribution in [2.24, 2.45) is 11.7 Å². The molecule has 1 atom stereocenters. The zero-order chi connectivity index (χ0) is 14.3. The molecule has 0 aliphatic carbocycles. The van der Waals surface area contributed by atoms with Crippen LogP contribution in [0, 0.1) is 19.8 Å². The van der Waals surface area contributed by atoms with Crippen LogP contribution in [-0.4, -0.2) is 19.0 Å². The van der Waals surface area contributed by atoms with Crippen LogP contribution in [0.4, 0.5) is 0 Å². The third kappa shape index (κ3) is 5.43. The molecule has 0 fully saturated rings. The zero-order valence-corrected chi connectivity index (χ0v) is 12.3. The Kier molecular flexibility index (Phi) is 6.57. The molecule has 3 N–H and O–H groups in total. The fraction of sp³-hybridized carbons (Fsp3) is 0.562. The molecule has 0 saturated heterocycles. The third-order valence-corrected chi connectivity index (χ3v) is 3.68. The van der Waals surface area contributed by atoms with E-state index in [2.05, 4.69) is 38.2 Å². The van der Waals surface area contributed by atoms with Gasteiger partial charge in [-0.3, -0.25) is 4.79 Å². The maximum atomic E-state index is 11.9. The van der Waals surface area contributed by atoms with Crippen LogP contribution in [0.15, 0.2) is 18.2 Å². The van der Waals surface area contributed by atoms with E-state index in [0.29, 0.717) is 18.9 Å². The lowest BCUT2D eigenvalue weighted by Crippen LogP contribution is -2.31. The molecule has 1 aromatic rings. The van der Waals surface area contributed by atoms with Crippen LogP contribution in [0.25, 0.3) is 0 Å². The lowest BCUT2D eigenvalue weighted by atomic mass is 10.0. The van der Waals surface area contributed by atoms with E-state index in [-0.39, 0.29) is 5.91 Å². The van der Waals surface area contributed by atoms with Gasteiger partial charge < -0.3 is 11.1 Å². The number of benzene rings is 1. The Hall–Kier alpha value is -1.35. The number of hydrogen-bond donors (Lipinski definition) is 2. The molecule has 0 aromatic heterocycles. The molecule has 0 aliphatic heterocycles. The van der Waals surface area contributed by atoms with Gasteiger partial charge in [-0.15, -0.1) is 0 Å². The molecule has 0 radical (unpaired) electrons. The Bertz CT molecular complexity index is 415. The highest BCUT2D eigenvalue weighted by Crippen LogP contribution is 2.10. The van der Waals surface area contributed by atoms with Crippen molar-refractivity contribution in [1.29, 1.82) is 0 Å². The number of hydrogen-bond acceptors (Lipinski definition) is 2. The van der Waals surface area contributed by atoms with Crippen molar-refractivity contribution < 1.29 is 4.79 Å². The Morgan fingerprint density at radius 1 is 1.32 bits per heavy atom. The van der Waals surface area contributed by atoms with Gasteiger partial charge in [0.1, 0.15) is 0 Å². The summed E-state index contributed by atoms with van der Waals surface area (Å²) >= 11 is 0. The minimum Gasteiger partial charge on any atom is -0.356 e. The van der Waals surface area contributed by atoms with Gasteiger partial charge in [0.2, 0.25) is 5.91 Å². The molecule has 0 saturated carbocycles. The summed E-state index contributed by atoms with van der Waals surface area (Å²) in [6.07, 6.45) is 2.49. The van der Waals surface area contributed by atoms with Crippen molar-refractivity contribution in [2.75, 3.05) is 13.1 Å². The van der Waals surface area contributed by atoms with E-state index in [9.17, 15) is 4.79 Å². The van der Waals surface area contributed by atoms with Crippen molar-refractivity contribution in [3.05, 3.63) is 34.9 Å². The second-order valence-corrected chi connectivity index (χ2v) is 5.25. The standard InChI is InChI=1S/C16H26N2O/c1-4-14(7-8-17)11-18-16(19)10-15-6-5-12(2)13(3)9-15/h5-6,9,14H,4,7-8,10-11,17H2,1-3H3,(H,18,19). The first-order chi connectivity index (χ1) is 9.06. The second kappa shape index (κ2) is 7.95. The number of aryl methyl sites for hydroxylation is 2. The number of nitrogens with one attached hydrogen (secondary N) is 1. The molecule has 0 aliphatic rings. The molecular formula is C16H26N2O. The fourth-order valence-corrected chi connectivity index (χ4v) is 2.11. The van der Waals surface area contributed by atoms with Crippen molar-refractivity contribution in [3.8, 4) is 0 Å². The van der Waals surface area contributed by atoms with Crippen LogP contribution in [0.2, 0.25) is 0 Å². The maximum Gasteiger partial charge on any atom is 0.224 e. The van der Waals surface area contributed by atoms with Crippen molar-refractivity contribution in [2.45, 2.75) is 40.0 Å². The molecule has 3 nitrogen and oxygen atoms in total. The number of rotatable bonds is 7. The Balaban J connectivity index is 2.44. The Labute approximate surface area is 116 Å². The number of carbonyl (C=O) groups is 1. The lowest BCUT2D eigenvalue weighted by molar-refractivity contribution is -0.120. The first-order valence-corrected chi connectivity index (χ1v) is 7.09. The van der Waals surface area contributed by atoms with E-state index in [1.165, 1.54) is 11.1 Å². The normalized spacial score (nSPS) is 12.2. The smallest absolute Gasteiger partial charge is 0.224 e. The van der Waals surface area contributed by atoms with Gasteiger partial charge in [0, 0.05) is 6.54 Å². The molecule has 1 aromatic carbocycles. The largest absolute Gasteiger partial charge is 0.356 e. The molecular weight excluding hydrogens is 236 g/mol. The number of nitrogens with two attached hydrogens (primary N) is 1. The van der Waals surface area contributed by atoms with Crippen LogP contribution >= 0.6 is 0 Å². The van der Waals surface area contributed by atoms with Gasteiger partial charge in [-0.2, -0.15) is 0 Å². The average Bonchev–Trinajstić information content (AvgIpc) is 2.39. The molecule has 1 rings (SSSR count). The first kappa shape index (κ1) is 15.7. The second-order valence-electron chi connectivity index (χ2n) is 5.25. The summed E-state index contributed by atoms with van der Waals surface area (Å²) in [5.74, 6) is 0.590. The fourth-order valence-electron chi connectivity index (χ4n) is 2.11. The predicted molar refractivity (Wildman–Crippen MR) is 80.1 cm³/mol. The quantitative estimate of drug-likeness (QED) is 0.792. The summed E-state index contributed by atoms with van der Waals surface area (Å²) in [6.45, 7) is 7.71. The maximum absolute atomic E-state index is 11.9. The lowest BCUT2D eigenvalue weighted by Gasteiger charge is -2.14. The van der Waals surface area contributed by atoms with E-state index in [1.54, 1.807) is 0 Å². The SMILES string of the molecule is CCC(CCN)CNC(=O)Cc1ccc(C)c(C)c1. The monoisotopic (exact) mass is 262 g/mol. The van der Waals surface area contributed by atoms with E-state index in [1.807, 2.05) is 6.07 Å². The highest BCUT2D eigenvalue weighted by Gasteiger charge is 2.08. The van der Waals surface area contributed by atoms with E-state index < -0.39 is 0 Å². The van der Waals surface area contributed by atoms with Crippen LogP contribution in [0.1, 0.15) is 36.5 Å². The van der Waals surface area contributed by atoms with Crippen LogP contribution in [0.5, 0.6) is 0 Å². The molecule has 0 bridgehead atoms. The Morgan fingerprint density at radius 3 is 2.63 bits per heavy atom. The van der Waals surface area contributed by atoms with Crippen LogP contribution < -0.4 is 11.1 Å². The molecule has 19 heavy (non-hydrogen) atoms. The Morgan fingerprint density at radius 2 is 2.05 bits per heavy atom. The van der Waals surface area contributed by atoms with E-state index in [0.717, 1.165) is 24.9 Å². The minimum absolute atomic E-state index is 0.0960. The molecule has 1 unspecified atom stereocenters. The van der Waals surface area contributed by atoms with Crippen LogP contribution in [0.3, 0.4) is 0 Å². The molecule has 0 spiro atoms. The van der Waals surface area contributed by atoms with Gasteiger partial charge in [0.25, 0.3) is 0 Å². The van der Waals surface area contributed by atoms with Gasteiger partial charge >= 0.3 is 0 Å². The molecule has 1 amide bonds. The highest BCUT2D eigenvalue weighted by atomic mass is 16.1. The third-order valence-electron chi connectivity index (χ3n) is 3.68. The first-order valence-electron chi connectivity index (χ1n) is 7.09. The highest BCUT2D eigenvalue weighted by molar-refractivity contribution is 5.78. The summed E-state index contributed by atoms with van der Waals surface area (Å²) in [7, 11) is 0. The summed E-state index contributed by atoms with van der Waals surface area (Å²) in [5, 5.41) is 3.01. The summed E-state index contributed by atoms with van der Waals surface area (Å²) in [4.78, 5) is 11.9. The average molecular weight is 262 g/mol. The minimum atomic E-state index is 0.0960. The van der Waals surface area contributed by atoms with Gasteiger partial charge in [0.15, 0.2) is 0 Å². The number of amides is 1. The van der Waals surface area contributed by atoms with Crippen molar-refractivity contribution >= 4 is 5.91 Å². The molecule has 106 valence electrons. The topological polar surface area (TPSA) is 55.1 Å². The van der Waals surface area contributed by atoms with Crippen molar-refractivity contribution in [3.63, 3.8) is 0 Å². The van der Waals surface area contributed by atoms with Crippen LogP contribution in [-0.2, 0) is 11.2 Å². The number of carbonyl (C=O) groups excluding carboxylic acids is 1. The van der Waals surface area contributed by atoms with Gasteiger partial charge in [-0.25, -0.2) is 0 Å². The van der Waals surface area contributed by atoms with Gasteiger partial charge in [-0.05, 0) is 49.4 Å². The molecule has 0 heterocycles.